The molecule has 2 aromatic heterocycles. The Morgan fingerprint density at radius 2 is 2.00 bits per heavy atom. The zero-order valence-corrected chi connectivity index (χ0v) is 17.1. The van der Waals surface area contributed by atoms with Crippen LogP contribution in [0.2, 0.25) is 5.02 Å². The molecule has 10 heteroatoms. The summed E-state index contributed by atoms with van der Waals surface area (Å²) in [5.41, 5.74) is 1.12. The van der Waals surface area contributed by atoms with Crippen molar-refractivity contribution in [3.63, 3.8) is 0 Å². The number of pyridine rings is 1. The van der Waals surface area contributed by atoms with Gasteiger partial charge in [0.25, 0.3) is 11.8 Å². The van der Waals surface area contributed by atoms with Gasteiger partial charge in [0.1, 0.15) is 10.3 Å². The van der Waals surface area contributed by atoms with Crippen molar-refractivity contribution in [3.05, 3.63) is 68.8 Å². The fourth-order valence-electron chi connectivity index (χ4n) is 2.61. The lowest BCUT2D eigenvalue weighted by atomic mass is 10.1. The fraction of sp³-hybridized carbons (Fsp3) is 0.111. The molecule has 0 aliphatic heterocycles. The summed E-state index contributed by atoms with van der Waals surface area (Å²) in [6.45, 7) is 1.71. The van der Waals surface area contributed by atoms with Gasteiger partial charge in [0.15, 0.2) is 11.6 Å². The van der Waals surface area contributed by atoms with Gasteiger partial charge in [-0.3, -0.25) is 9.59 Å². The molecule has 3 aromatic rings. The number of amides is 2. The van der Waals surface area contributed by atoms with Crippen LogP contribution in [0.5, 0.6) is 0 Å². The van der Waals surface area contributed by atoms with Crippen LogP contribution in [0.15, 0.2) is 41.1 Å². The van der Waals surface area contributed by atoms with Gasteiger partial charge in [-0.25, -0.2) is 14.1 Å². The number of aryl methyl sites for hydroxylation is 1. The fourth-order valence-corrected chi connectivity index (χ4v) is 3.26. The van der Waals surface area contributed by atoms with Crippen LogP contribution >= 0.6 is 27.5 Å². The summed E-state index contributed by atoms with van der Waals surface area (Å²) in [7, 11) is 1.47. The lowest BCUT2D eigenvalue weighted by molar-refractivity contribution is 0.0964. The number of carbonyl (C=O) groups is 2. The maximum absolute atomic E-state index is 14.1. The average Bonchev–Trinajstić information content (AvgIpc) is 3.05. The van der Waals surface area contributed by atoms with E-state index >= 15 is 0 Å². The molecule has 0 unspecified atom stereocenters. The molecule has 1 aromatic carbocycles. The van der Waals surface area contributed by atoms with E-state index in [0.29, 0.717) is 20.9 Å². The van der Waals surface area contributed by atoms with Gasteiger partial charge in [-0.15, -0.1) is 0 Å². The molecule has 0 radical (unpaired) electrons. The van der Waals surface area contributed by atoms with E-state index in [1.54, 1.807) is 13.0 Å². The average molecular weight is 467 g/mol. The highest BCUT2D eigenvalue weighted by Crippen LogP contribution is 2.27. The summed E-state index contributed by atoms with van der Waals surface area (Å²) in [6, 6.07) is 7.15. The third-order valence-electron chi connectivity index (χ3n) is 3.86. The Balaban J connectivity index is 2.05. The quantitative estimate of drug-likeness (QED) is 0.613. The number of hydrogen-bond donors (Lipinski definition) is 2. The molecule has 2 N–H and O–H groups in total. The summed E-state index contributed by atoms with van der Waals surface area (Å²) in [4.78, 5) is 29.1. The molecule has 0 aliphatic rings. The first-order valence-corrected chi connectivity index (χ1v) is 9.19. The van der Waals surface area contributed by atoms with Crippen LogP contribution < -0.4 is 10.6 Å². The van der Waals surface area contributed by atoms with E-state index in [4.69, 9.17) is 11.6 Å². The Kier molecular flexibility index (Phi) is 5.76. The number of nitrogens with zero attached hydrogens (tertiary/aromatic N) is 3. The van der Waals surface area contributed by atoms with Crippen LogP contribution in [0.3, 0.4) is 0 Å². The normalized spacial score (nSPS) is 10.6. The first kappa shape index (κ1) is 20.0. The van der Waals surface area contributed by atoms with E-state index in [1.165, 1.54) is 37.5 Å². The summed E-state index contributed by atoms with van der Waals surface area (Å²) < 4.78 is 15.5. The molecule has 0 atom stereocenters. The van der Waals surface area contributed by atoms with Crippen molar-refractivity contribution in [2.45, 2.75) is 6.92 Å². The van der Waals surface area contributed by atoms with E-state index in [2.05, 4.69) is 36.6 Å². The van der Waals surface area contributed by atoms with Crippen LogP contribution in [-0.2, 0) is 0 Å². The molecule has 2 heterocycles. The summed E-state index contributed by atoms with van der Waals surface area (Å²) in [6.07, 6.45) is 1.39. The molecule has 0 spiro atoms. The standard InChI is InChI=1S/C18H14BrClFN5O2/c1-9-6-10(20)7-11(17(27)22-2)15(9)24-18(28)13-8-14(19)25-26(13)16-12(21)4-3-5-23-16/h3-8H,1-2H3,(H,22,27)(H,24,28). The summed E-state index contributed by atoms with van der Waals surface area (Å²) >= 11 is 9.23. The van der Waals surface area contributed by atoms with Crippen molar-refractivity contribution < 1.29 is 14.0 Å². The topological polar surface area (TPSA) is 88.9 Å². The molecule has 0 aliphatic carbocycles. The second-order valence-electron chi connectivity index (χ2n) is 5.75. The molecule has 28 heavy (non-hydrogen) atoms. The number of aromatic nitrogens is 3. The zero-order valence-electron chi connectivity index (χ0n) is 14.8. The van der Waals surface area contributed by atoms with E-state index in [9.17, 15) is 14.0 Å². The van der Waals surface area contributed by atoms with Crippen LogP contribution in [0.25, 0.3) is 5.82 Å². The third kappa shape index (κ3) is 3.90. The number of nitrogens with one attached hydrogen (secondary N) is 2. The Morgan fingerprint density at radius 1 is 1.25 bits per heavy atom. The number of halogens is 3. The minimum absolute atomic E-state index is 0.0293. The predicted octanol–water partition coefficient (Wildman–Crippen LogP) is 3.74. The monoisotopic (exact) mass is 465 g/mol. The van der Waals surface area contributed by atoms with Crippen LogP contribution in [0.4, 0.5) is 10.1 Å². The first-order valence-electron chi connectivity index (χ1n) is 8.02. The highest BCUT2D eigenvalue weighted by molar-refractivity contribution is 9.10. The summed E-state index contributed by atoms with van der Waals surface area (Å²) in [5, 5.41) is 9.64. The SMILES string of the molecule is CNC(=O)c1cc(Cl)cc(C)c1NC(=O)c1cc(Br)nn1-c1ncccc1F. The molecule has 0 saturated carbocycles. The van der Waals surface area contributed by atoms with E-state index in [-0.39, 0.29) is 17.1 Å². The van der Waals surface area contributed by atoms with Gasteiger partial charge in [-0.05, 0) is 52.7 Å². The van der Waals surface area contributed by atoms with Crippen molar-refractivity contribution in [3.8, 4) is 5.82 Å². The molecular formula is C18H14BrClFN5O2. The number of rotatable bonds is 4. The van der Waals surface area contributed by atoms with E-state index in [0.717, 1.165) is 4.68 Å². The number of anilines is 1. The second-order valence-corrected chi connectivity index (χ2v) is 7.00. The molecule has 0 fully saturated rings. The number of carbonyl (C=O) groups excluding carboxylic acids is 2. The lowest BCUT2D eigenvalue weighted by Crippen LogP contribution is -2.23. The summed E-state index contributed by atoms with van der Waals surface area (Å²) in [5.74, 6) is -1.77. The predicted molar refractivity (Wildman–Crippen MR) is 107 cm³/mol. The second kappa shape index (κ2) is 8.07. The van der Waals surface area contributed by atoms with Crippen LogP contribution in [0, 0.1) is 12.7 Å². The maximum Gasteiger partial charge on any atom is 0.274 e. The minimum atomic E-state index is -0.638. The van der Waals surface area contributed by atoms with Gasteiger partial charge < -0.3 is 10.6 Å². The molecular weight excluding hydrogens is 453 g/mol. The van der Waals surface area contributed by atoms with Gasteiger partial charge in [-0.2, -0.15) is 5.10 Å². The van der Waals surface area contributed by atoms with Gasteiger partial charge in [0.2, 0.25) is 0 Å². The van der Waals surface area contributed by atoms with Gasteiger partial charge >= 0.3 is 0 Å². The Bertz CT molecular complexity index is 1090. The van der Waals surface area contributed by atoms with Crippen molar-refractivity contribution in [2.24, 2.45) is 0 Å². The maximum atomic E-state index is 14.1. The smallest absolute Gasteiger partial charge is 0.274 e. The van der Waals surface area contributed by atoms with Crippen LogP contribution in [0.1, 0.15) is 26.4 Å². The minimum Gasteiger partial charge on any atom is -0.355 e. The van der Waals surface area contributed by atoms with Crippen molar-refractivity contribution >= 4 is 45.0 Å². The molecule has 0 saturated heterocycles. The van der Waals surface area contributed by atoms with E-state index in [1.807, 2.05) is 0 Å². The molecule has 2 amide bonds. The Morgan fingerprint density at radius 3 is 2.68 bits per heavy atom. The third-order valence-corrected chi connectivity index (χ3v) is 4.47. The number of benzene rings is 1. The number of hydrogen-bond acceptors (Lipinski definition) is 4. The zero-order chi connectivity index (χ0) is 20.4. The largest absolute Gasteiger partial charge is 0.355 e. The molecule has 7 nitrogen and oxygen atoms in total. The highest BCUT2D eigenvalue weighted by atomic mass is 79.9. The van der Waals surface area contributed by atoms with Gasteiger partial charge in [-0.1, -0.05) is 11.6 Å². The van der Waals surface area contributed by atoms with Crippen LogP contribution in [-0.4, -0.2) is 33.6 Å². The Hall–Kier alpha value is -2.78. The van der Waals surface area contributed by atoms with Gasteiger partial charge in [0, 0.05) is 24.3 Å². The molecule has 144 valence electrons. The van der Waals surface area contributed by atoms with Crippen molar-refractivity contribution in [1.82, 2.24) is 20.1 Å². The Labute approximate surface area is 173 Å². The molecule has 0 bridgehead atoms. The van der Waals surface area contributed by atoms with E-state index < -0.39 is 17.6 Å². The molecule has 3 rings (SSSR count). The van der Waals surface area contributed by atoms with Crippen molar-refractivity contribution in [2.75, 3.05) is 12.4 Å². The lowest BCUT2D eigenvalue weighted by Gasteiger charge is -2.14. The highest BCUT2D eigenvalue weighted by Gasteiger charge is 2.22. The first-order chi connectivity index (χ1) is 13.3. The van der Waals surface area contributed by atoms with Crippen molar-refractivity contribution in [1.29, 1.82) is 0 Å². The van der Waals surface area contributed by atoms with Gasteiger partial charge in [0.05, 0.1) is 11.3 Å².